The topological polar surface area (TPSA) is 244 Å². The summed E-state index contributed by atoms with van der Waals surface area (Å²) >= 11 is 0. The number of aromatic nitrogens is 2. The summed E-state index contributed by atoms with van der Waals surface area (Å²) in [5.74, 6) is 1.98. The van der Waals surface area contributed by atoms with Gasteiger partial charge in [0.15, 0.2) is 6.23 Å². The summed E-state index contributed by atoms with van der Waals surface area (Å²) in [6.07, 6.45) is 0.848. The highest BCUT2D eigenvalue weighted by molar-refractivity contribution is 7.66. The van der Waals surface area contributed by atoms with Gasteiger partial charge >= 0.3 is 29.2 Å². The number of aliphatic hydroxyl groups excluding tert-OH is 1. The summed E-state index contributed by atoms with van der Waals surface area (Å²) in [6.45, 7) is -0.647. The van der Waals surface area contributed by atoms with Crippen molar-refractivity contribution in [2.75, 3.05) is 6.61 Å². The Morgan fingerprint density at radius 3 is 2.34 bits per heavy atom. The van der Waals surface area contributed by atoms with Crippen molar-refractivity contribution in [3.8, 4) is 12.3 Å². The molecule has 0 aromatic carbocycles. The van der Waals surface area contributed by atoms with Crippen molar-refractivity contribution in [3.63, 3.8) is 0 Å². The maximum atomic E-state index is 11.9. The Morgan fingerprint density at radius 1 is 1.17 bits per heavy atom. The molecule has 5 atom stereocenters. The lowest BCUT2D eigenvalue weighted by Crippen LogP contribution is -2.38. The number of nitrogens with one attached hydrogen (secondary N) is 1. The fraction of sp³-hybridized carbons (Fsp3) is 0.400. The van der Waals surface area contributed by atoms with E-state index in [1.54, 1.807) is 0 Å². The van der Waals surface area contributed by atoms with Gasteiger partial charge in [0.05, 0.1) is 6.61 Å². The standard InChI is InChI=1S/C10H13N2O14P3/c1-2-5-3-12(10(15)11-8(5)14)9-7(13)6(4-23-9)24-28(19,20)26-29(21,22)25-27(16,17)18/h1,3,6-7,9,13H,4H2,(H,19,20)(H,21,22)(H,11,14,15)(H2,16,17,18)/t6-,7+,9+/m0/s1. The Morgan fingerprint density at radius 2 is 1.79 bits per heavy atom. The number of hydrogen-bond acceptors (Lipinski definition) is 10. The van der Waals surface area contributed by atoms with Crippen LogP contribution in [0.1, 0.15) is 11.8 Å². The molecule has 1 saturated heterocycles. The maximum Gasteiger partial charge on any atom is 0.490 e. The molecule has 0 amide bonds. The van der Waals surface area contributed by atoms with Crippen LogP contribution in [-0.2, 0) is 31.6 Å². The molecule has 1 fully saturated rings. The lowest BCUT2D eigenvalue weighted by Gasteiger charge is -2.21. The SMILES string of the molecule is C#Cc1cn([C@@H]2OC[C@H](OP(=O)(O)OP(=O)(O)OP(=O)(O)O)[C@H]2O)c(=O)[nH]c1=O. The first kappa shape index (κ1) is 23.8. The van der Waals surface area contributed by atoms with Crippen LogP contribution in [-0.4, -0.2) is 53.0 Å². The van der Waals surface area contributed by atoms with E-state index in [-0.39, 0.29) is 5.56 Å². The second kappa shape index (κ2) is 8.37. The number of hydrogen-bond donors (Lipinski definition) is 6. The average molecular weight is 478 g/mol. The molecule has 2 rings (SSSR count). The normalized spacial score (nSPS) is 26.4. The van der Waals surface area contributed by atoms with Gasteiger partial charge in [-0.15, -0.1) is 6.42 Å². The second-order valence-corrected chi connectivity index (χ2v) is 9.68. The molecule has 0 spiro atoms. The van der Waals surface area contributed by atoms with E-state index in [1.165, 1.54) is 0 Å². The van der Waals surface area contributed by atoms with Crippen molar-refractivity contribution >= 4 is 23.5 Å². The predicted molar refractivity (Wildman–Crippen MR) is 89.0 cm³/mol. The van der Waals surface area contributed by atoms with Crippen molar-refractivity contribution in [1.82, 2.24) is 9.55 Å². The van der Waals surface area contributed by atoms with Crippen molar-refractivity contribution in [1.29, 1.82) is 0 Å². The van der Waals surface area contributed by atoms with E-state index in [4.69, 9.17) is 25.8 Å². The highest BCUT2D eigenvalue weighted by Crippen LogP contribution is 2.66. The van der Waals surface area contributed by atoms with Gasteiger partial charge in [-0.2, -0.15) is 8.62 Å². The Kier molecular flexibility index (Phi) is 6.88. The molecule has 162 valence electrons. The summed E-state index contributed by atoms with van der Waals surface area (Å²) in [7, 11) is -16.9. The van der Waals surface area contributed by atoms with Crippen molar-refractivity contribution in [2.24, 2.45) is 0 Å². The average Bonchev–Trinajstić information content (AvgIpc) is 2.84. The summed E-state index contributed by atoms with van der Waals surface area (Å²) in [6, 6.07) is 0. The molecule has 0 bridgehead atoms. The quantitative estimate of drug-likeness (QED) is 0.186. The summed E-state index contributed by atoms with van der Waals surface area (Å²) in [5, 5.41) is 10.2. The third-order valence-corrected chi connectivity index (χ3v) is 7.05. The Balaban J connectivity index is 2.17. The summed E-state index contributed by atoms with van der Waals surface area (Å²) in [4.78, 5) is 60.7. The number of phosphoric acid groups is 3. The fourth-order valence-electron chi connectivity index (χ4n) is 2.16. The van der Waals surface area contributed by atoms with Crippen LogP contribution in [0.15, 0.2) is 15.8 Å². The molecule has 0 radical (unpaired) electrons. The van der Waals surface area contributed by atoms with Gasteiger partial charge in [-0.05, 0) is 0 Å². The van der Waals surface area contributed by atoms with Gasteiger partial charge in [-0.25, -0.2) is 18.5 Å². The number of ether oxygens (including phenoxy) is 1. The largest absolute Gasteiger partial charge is 0.490 e. The second-order valence-electron chi connectivity index (χ2n) is 5.30. The zero-order valence-electron chi connectivity index (χ0n) is 13.8. The van der Waals surface area contributed by atoms with E-state index in [0.29, 0.717) is 4.57 Å². The highest BCUT2D eigenvalue weighted by Gasteiger charge is 2.46. The molecule has 19 heteroatoms. The lowest BCUT2D eigenvalue weighted by atomic mass is 10.2. The molecule has 0 saturated carbocycles. The van der Waals surface area contributed by atoms with Gasteiger partial charge < -0.3 is 29.4 Å². The van der Waals surface area contributed by atoms with E-state index in [0.717, 1.165) is 6.20 Å². The fourth-order valence-corrected chi connectivity index (χ4v) is 5.35. The van der Waals surface area contributed by atoms with Crippen LogP contribution in [0, 0.1) is 12.3 Å². The Labute approximate surface area is 160 Å². The Bertz CT molecular complexity index is 1080. The zero-order chi connectivity index (χ0) is 22.2. The zero-order valence-corrected chi connectivity index (χ0v) is 16.5. The molecule has 2 unspecified atom stereocenters. The van der Waals surface area contributed by atoms with Gasteiger partial charge in [0.1, 0.15) is 17.8 Å². The van der Waals surface area contributed by atoms with E-state index in [9.17, 15) is 33.3 Å². The smallest absolute Gasteiger partial charge is 0.386 e. The maximum absolute atomic E-state index is 11.9. The molecular formula is C10H13N2O14P3. The molecule has 1 aromatic heterocycles. The number of nitrogens with zero attached hydrogens (tertiary/aromatic N) is 1. The Hall–Kier alpha value is -1.43. The minimum Gasteiger partial charge on any atom is -0.386 e. The van der Waals surface area contributed by atoms with E-state index in [1.807, 2.05) is 10.9 Å². The number of H-pyrrole nitrogens is 1. The first-order chi connectivity index (χ1) is 13.1. The molecule has 1 aliphatic rings. The molecule has 29 heavy (non-hydrogen) atoms. The molecule has 16 nitrogen and oxygen atoms in total. The predicted octanol–water partition coefficient (Wildman–Crippen LogP) is -1.88. The van der Waals surface area contributed by atoms with Crippen LogP contribution < -0.4 is 11.2 Å². The summed E-state index contributed by atoms with van der Waals surface area (Å²) < 4.78 is 50.9. The number of rotatable bonds is 7. The number of aromatic amines is 1. The minimum absolute atomic E-state index is 0.295. The monoisotopic (exact) mass is 478 g/mol. The summed E-state index contributed by atoms with van der Waals surface area (Å²) in [5.41, 5.74) is -2.22. The third-order valence-electron chi connectivity index (χ3n) is 3.19. The van der Waals surface area contributed by atoms with Crippen LogP contribution in [0.3, 0.4) is 0 Å². The molecule has 1 aromatic rings. The van der Waals surface area contributed by atoms with Gasteiger partial charge in [0.25, 0.3) is 5.56 Å². The van der Waals surface area contributed by atoms with Gasteiger partial charge in [-0.3, -0.25) is 18.9 Å². The number of terminal acetylenes is 1. The third kappa shape index (κ3) is 6.27. The number of aliphatic hydroxyl groups is 1. The molecule has 6 N–H and O–H groups in total. The van der Waals surface area contributed by atoms with Crippen molar-refractivity contribution in [3.05, 3.63) is 32.6 Å². The molecule has 1 aliphatic heterocycles. The van der Waals surface area contributed by atoms with Gasteiger partial charge in [0.2, 0.25) is 0 Å². The van der Waals surface area contributed by atoms with Crippen LogP contribution in [0.5, 0.6) is 0 Å². The van der Waals surface area contributed by atoms with Gasteiger partial charge in [0, 0.05) is 6.20 Å². The van der Waals surface area contributed by atoms with Crippen LogP contribution >= 0.6 is 23.5 Å². The first-order valence-corrected chi connectivity index (χ1v) is 11.6. The highest BCUT2D eigenvalue weighted by atomic mass is 31.3. The van der Waals surface area contributed by atoms with Crippen LogP contribution in [0.25, 0.3) is 0 Å². The van der Waals surface area contributed by atoms with Crippen molar-refractivity contribution in [2.45, 2.75) is 18.4 Å². The van der Waals surface area contributed by atoms with E-state index in [2.05, 4.69) is 13.1 Å². The lowest BCUT2D eigenvalue weighted by molar-refractivity contribution is -0.0210. The van der Waals surface area contributed by atoms with Crippen LogP contribution in [0.2, 0.25) is 0 Å². The minimum atomic E-state index is -5.75. The van der Waals surface area contributed by atoms with Crippen LogP contribution in [0.4, 0.5) is 0 Å². The first-order valence-electron chi connectivity index (χ1n) is 7.08. The van der Waals surface area contributed by atoms with E-state index >= 15 is 0 Å². The van der Waals surface area contributed by atoms with E-state index < -0.39 is 59.8 Å². The molecular weight excluding hydrogens is 465 g/mol. The number of phosphoric ester groups is 1. The van der Waals surface area contributed by atoms with Crippen molar-refractivity contribution < 1.29 is 56.3 Å². The molecule has 2 heterocycles. The molecule has 0 aliphatic carbocycles. The van der Waals surface area contributed by atoms with Gasteiger partial charge in [-0.1, -0.05) is 5.92 Å².